The van der Waals surface area contributed by atoms with Crippen molar-refractivity contribution in [2.24, 2.45) is 7.05 Å². The lowest BCUT2D eigenvalue weighted by Crippen LogP contribution is -2.07. The fourth-order valence-corrected chi connectivity index (χ4v) is 4.37. The zero-order chi connectivity index (χ0) is 22.4. The Kier molecular flexibility index (Phi) is 4.67. The Morgan fingerprint density at radius 2 is 1.88 bits per heavy atom. The number of aryl methyl sites for hydroxylation is 2. The van der Waals surface area contributed by atoms with Crippen LogP contribution in [0.15, 0.2) is 36.7 Å². The number of carbonyl (C=O) groups excluding carboxylic acids is 1. The summed E-state index contributed by atoms with van der Waals surface area (Å²) in [6.07, 6.45) is 3.34. The molecular formula is C24H21N7O. The third kappa shape index (κ3) is 3.19. The molecule has 4 aromatic rings. The normalized spacial score (nSPS) is 12.8. The highest BCUT2D eigenvalue weighted by atomic mass is 16.1. The van der Waals surface area contributed by atoms with E-state index in [4.69, 9.17) is 10.4 Å². The molecule has 8 heteroatoms. The number of hydrogen-bond donors (Lipinski definition) is 0. The van der Waals surface area contributed by atoms with Crippen molar-refractivity contribution in [2.75, 3.05) is 0 Å². The summed E-state index contributed by atoms with van der Waals surface area (Å²) in [6, 6.07) is 11.5. The molecule has 0 amide bonds. The van der Waals surface area contributed by atoms with Gasteiger partial charge in [0.25, 0.3) is 0 Å². The van der Waals surface area contributed by atoms with Gasteiger partial charge in [0, 0.05) is 37.2 Å². The summed E-state index contributed by atoms with van der Waals surface area (Å²) in [6.45, 7) is 3.91. The average molecular weight is 423 g/mol. The second-order valence-electron chi connectivity index (χ2n) is 8.02. The van der Waals surface area contributed by atoms with Crippen LogP contribution in [0.3, 0.4) is 0 Å². The van der Waals surface area contributed by atoms with Crippen molar-refractivity contribution in [1.82, 2.24) is 29.5 Å². The summed E-state index contributed by atoms with van der Waals surface area (Å²) in [4.78, 5) is 21.0. The Morgan fingerprint density at radius 3 is 2.62 bits per heavy atom. The third-order valence-electron chi connectivity index (χ3n) is 6.01. The van der Waals surface area contributed by atoms with E-state index in [2.05, 4.69) is 21.1 Å². The molecule has 32 heavy (non-hydrogen) atoms. The molecular weight excluding hydrogens is 402 g/mol. The van der Waals surface area contributed by atoms with Gasteiger partial charge in [-0.2, -0.15) is 15.5 Å². The molecule has 0 saturated carbocycles. The molecule has 0 fully saturated rings. The van der Waals surface area contributed by atoms with Gasteiger partial charge in [0.05, 0.1) is 40.0 Å². The zero-order valence-electron chi connectivity index (χ0n) is 18.1. The minimum Gasteiger partial charge on any atom is -0.294 e. The minimum atomic E-state index is 0.152. The van der Waals surface area contributed by atoms with Gasteiger partial charge in [0.15, 0.2) is 11.6 Å². The average Bonchev–Trinajstić information content (AvgIpc) is 3.44. The van der Waals surface area contributed by atoms with Crippen LogP contribution in [0.25, 0.3) is 17.1 Å². The van der Waals surface area contributed by atoms with Crippen molar-refractivity contribution < 1.29 is 4.79 Å². The topological polar surface area (TPSA) is 102 Å². The molecule has 1 aromatic carbocycles. The fraction of sp³-hybridized carbons (Fsp3) is 0.250. The summed E-state index contributed by atoms with van der Waals surface area (Å²) in [7, 11) is 1.92. The maximum atomic E-state index is 12.2. The largest absolute Gasteiger partial charge is 0.294 e. The van der Waals surface area contributed by atoms with Crippen LogP contribution in [-0.2, 0) is 19.9 Å². The van der Waals surface area contributed by atoms with Crippen LogP contribution in [0, 0.1) is 25.2 Å². The van der Waals surface area contributed by atoms with Gasteiger partial charge in [-0.25, -0.2) is 14.6 Å². The van der Waals surface area contributed by atoms with E-state index in [0.29, 0.717) is 30.6 Å². The maximum Gasteiger partial charge on any atom is 0.166 e. The van der Waals surface area contributed by atoms with E-state index in [1.165, 1.54) is 6.33 Å². The third-order valence-corrected chi connectivity index (χ3v) is 6.01. The number of Topliss-reactive ketones (excluding diaryl/α,β-unsaturated/α-hetero) is 1. The first-order valence-corrected chi connectivity index (χ1v) is 10.4. The lowest BCUT2D eigenvalue weighted by atomic mass is 10.0. The SMILES string of the molecule is Cc1nn(-c2cc(Cc3c(C)c(-c4ccc(C#N)cc4)nn3C)ncn2)c2c1C(=O)CC2. The smallest absolute Gasteiger partial charge is 0.166 e. The van der Waals surface area contributed by atoms with Crippen molar-refractivity contribution in [3.05, 3.63) is 76.1 Å². The molecule has 0 bridgehead atoms. The second kappa shape index (κ2) is 7.54. The number of fused-ring (bicyclic) bond motifs is 1. The van der Waals surface area contributed by atoms with E-state index in [9.17, 15) is 4.79 Å². The summed E-state index contributed by atoms with van der Waals surface area (Å²) in [5.41, 5.74) is 7.86. The lowest BCUT2D eigenvalue weighted by Gasteiger charge is -2.07. The van der Waals surface area contributed by atoms with Gasteiger partial charge in [-0.1, -0.05) is 12.1 Å². The minimum absolute atomic E-state index is 0.152. The Labute approximate surface area is 185 Å². The number of rotatable bonds is 4. The number of nitriles is 1. The monoisotopic (exact) mass is 423 g/mol. The number of ketones is 1. The predicted octanol–water partition coefficient (Wildman–Crippen LogP) is 3.27. The highest BCUT2D eigenvalue weighted by Gasteiger charge is 2.28. The molecule has 0 saturated heterocycles. The first-order chi connectivity index (χ1) is 15.5. The highest BCUT2D eigenvalue weighted by molar-refractivity contribution is 6.01. The fourth-order valence-electron chi connectivity index (χ4n) is 4.37. The molecule has 0 aliphatic heterocycles. The molecule has 0 spiro atoms. The summed E-state index contributed by atoms with van der Waals surface area (Å²) in [5, 5.41) is 18.3. The van der Waals surface area contributed by atoms with Crippen molar-refractivity contribution in [3.63, 3.8) is 0 Å². The standard InChI is InChI=1S/C24H21N7O/c1-14-20(30(3)29-24(14)17-6-4-16(12-25)5-7-17)10-18-11-22(27-13-26-18)31-19-8-9-21(32)23(19)15(2)28-31/h4-7,11,13H,8-10H2,1-3H3. The van der Waals surface area contributed by atoms with Gasteiger partial charge in [0.2, 0.25) is 0 Å². The molecule has 1 aliphatic carbocycles. The van der Waals surface area contributed by atoms with E-state index in [1.54, 1.807) is 16.8 Å². The van der Waals surface area contributed by atoms with Crippen LogP contribution >= 0.6 is 0 Å². The molecule has 1 aliphatic rings. The van der Waals surface area contributed by atoms with Gasteiger partial charge in [-0.3, -0.25) is 9.48 Å². The number of aromatic nitrogens is 6. The van der Waals surface area contributed by atoms with Gasteiger partial charge in [-0.05, 0) is 38.0 Å². The van der Waals surface area contributed by atoms with E-state index >= 15 is 0 Å². The van der Waals surface area contributed by atoms with Gasteiger partial charge in [0.1, 0.15) is 6.33 Å². The zero-order valence-corrected chi connectivity index (χ0v) is 18.1. The predicted molar refractivity (Wildman–Crippen MR) is 117 cm³/mol. The van der Waals surface area contributed by atoms with Gasteiger partial charge < -0.3 is 0 Å². The van der Waals surface area contributed by atoms with Crippen LogP contribution in [0.4, 0.5) is 0 Å². The highest BCUT2D eigenvalue weighted by Crippen LogP contribution is 2.28. The first kappa shape index (κ1) is 19.8. The van der Waals surface area contributed by atoms with E-state index < -0.39 is 0 Å². The quantitative estimate of drug-likeness (QED) is 0.499. The van der Waals surface area contributed by atoms with Crippen molar-refractivity contribution in [1.29, 1.82) is 5.26 Å². The van der Waals surface area contributed by atoms with Crippen LogP contribution < -0.4 is 0 Å². The first-order valence-electron chi connectivity index (χ1n) is 10.4. The number of nitrogens with zero attached hydrogens (tertiary/aromatic N) is 7. The second-order valence-corrected chi connectivity index (χ2v) is 8.02. The number of benzene rings is 1. The molecule has 3 aromatic heterocycles. The van der Waals surface area contributed by atoms with Crippen molar-refractivity contribution >= 4 is 5.78 Å². The summed E-state index contributed by atoms with van der Waals surface area (Å²) in [5.74, 6) is 0.819. The number of carbonyl (C=O) groups is 1. The van der Waals surface area contributed by atoms with E-state index in [0.717, 1.165) is 45.2 Å². The Bertz CT molecular complexity index is 1400. The Morgan fingerprint density at radius 1 is 1.09 bits per heavy atom. The number of hydrogen-bond acceptors (Lipinski definition) is 6. The molecule has 8 nitrogen and oxygen atoms in total. The molecule has 0 atom stereocenters. The van der Waals surface area contributed by atoms with Crippen molar-refractivity contribution in [2.45, 2.75) is 33.1 Å². The maximum absolute atomic E-state index is 12.2. The lowest BCUT2D eigenvalue weighted by molar-refractivity contribution is 0.0994. The van der Waals surface area contributed by atoms with E-state index in [1.807, 2.05) is 43.8 Å². The molecule has 0 N–H and O–H groups in total. The van der Waals surface area contributed by atoms with Crippen LogP contribution in [0.5, 0.6) is 0 Å². The Balaban J connectivity index is 1.48. The van der Waals surface area contributed by atoms with Crippen LogP contribution in [0.2, 0.25) is 0 Å². The Hall–Kier alpha value is -4.12. The molecule has 0 unspecified atom stereocenters. The van der Waals surface area contributed by atoms with Crippen molar-refractivity contribution in [3.8, 4) is 23.1 Å². The summed E-state index contributed by atoms with van der Waals surface area (Å²) < 4.78 is 3.65. The van der Waals surface area contributed by atoms with Gasteiger partial charge >= 0.3 is 0 Å². The van der Waals surface area contributed by atoms with Crippen LogP contribution in [0.1, 0.15) is 50.7 Å². The molecule has 0 radical (unpaired) electrons. The van der Waals surface area contributed by atoms with Crippen LogP contribution in [-0.4, -0.2) is 35.3 Å². The molecule has 3 heterocycles. The molecule has 5 rings (SSSR count). The van der Waals surface area contributed by atoms with Gasteiger partial charge in [-0.15, -0.1) is 0 Å². The molecule has 158 valence electrons. The van der Waals surface area contributed by atoms with E-state index in [-0.39, 0.29) is 5.78 Å². The summed E-state index contributed by atoms with van der Waals surface area (Å²) >= 11 is 0.